The van der Waals surface area contributed by atoms with Crippen LogP contribution in [0.2, 0.25) is 0 Å². The number of nitrogens with one attached hydrogen (secondary N) is 2. The standard InChI is InChI=1S/C14H17FN2O3/c1-20-14(19)11-4-2-9(6-12(11)15)7-16-8-10-3-5-13(18)17-10/h2,4,6,10,16H,3,5,7-8H2,1H3,(H,17,18). The molecule has 1 atom stereocenters. The quantitative estimate of drug-likeness (QED) is 0.789. The van der Waals surface area contributed by atoms with Gasteiger partial charge in [-0.25, -0.2) is 9.18 Å². The van der Waals surface area contributed by atoms with E-state index in [0.717, 1.165) is 12.0 Å². The van der Waals surface area contributed by atoms with Gasteiger partial charge in [0.05, 0.1) is 12.7 Å². The van der Waals surface area contributed by atoms with Crippen molar-refractivity contribution in [2.75, 3.05) is 13.7 Å². The molecule has 1 aromatic carbocycles. The molecule has 2 rings (SSSR count). The number of carbonyl (C=O) groups excluding carboxylic acids is 2. The van der Waals surface area contributed by atoms with Gasteiger partial charge >= 0.3 is 5.97 Å². The van der Waals surface area contributed by atoms with Crippen molar-refractivity contribution in [3.05, 3.63) is 35.1 Å². The third-order valence-electron chi connectivity index (χ3n) is 3.24. The number of halogens is 1. The first-order valence-corrected chi connectivity index (χ1v) is 6.47. The fraction of sp³-hybridized carbons (Fsp3) is 0.429. The van der Waals surface area contributed by atoms with Crippen molar-refractivity contribution in [1.29, 1.82) is 0 Å². The molecule has 5 nitrogen and oxygen atoms in total. The summed E-state index contributed by atoms with van der Waals surface area (Å²) >= 11 is 0. The van der Waals surface area contributed by atoms with Crippen molar-refractivity contribution in [3.63, 3.8) is 0 Å². The summed E-state index contributed by atoms with van der Waals surface area (Å²) in [7, 11) is 1.22. The predicted octanol–water partition coefficient (Wildman–Crippen LogP) is 0.980. The van der Waals surface area contributed by atoms with Gasteiger partial charge in [0, 0.05) is 25.6 Å². The van der Waals surface area contributed by atoms with Gasteiger partial charge in [-0.15, -0.1) is 0 Å². The Kier molecular flexibility index (Phi) is 4.68. The van der Waals surface area contributed by atoms with Gasteiger partial charge in [0.2, 0.25) is 5.91 Å². The van der Waals surface area contributed by atoms with Gasteiger partial charge in [-0.05, 0) is 24.1 Å². The van der Waals surface area contributed by atoms with E-state index in [2.05, 4.69) is 15.4 Å². The summed E-state index contributed by atoms with van der Waals surface area (Å²) in [5.74, 6) is -1.20. The van der Waals surface area contributed by atoms with Crippen LogP contribution < -0.4 is 10.6 Å². The number of rotatable bonds is 5. The average Bonchev–Trinajstić information content (AvgIpc) is 2.84. The van der Waals surface area contributed by atoms with Crippen molar-refractivity contribution < 1.29 is 18.7 Å². The van der Waals surface area contributed by atoms with E-state index in [9.17, 15) is 14.0 Å². The van der Waals surface area contributed by atoms with Crippen LogP contribution in [0, 0.1) is 5.82 Å². The van der Waals surface area contributed by atoms with E-state index in [0.29, 0.717) is 19.5 Å². The number of amides is 1. The highest BCUT2D eigenvalue weighted by atomic mass is 19.1. The Balaban J connectivity index is 1.86. The van der Waals surface area contributed by atoms with Crippen LogP contribution in [0.3, 0.4) is 0 Å². The predicted molar refractivity (Wildman–Crippen MR) is 70.6 cm³/mol. The Morgan fingerprint density at radius 2 is 2.35 bits per heavy atom. The number of benzene rings is 1. The van der Waals surface area contributed by atoms with Gasteiger partial charge in [0.15, 0.2) is 0 Å². The fourth-order valence-electron chi connectivity index (χ4n) is 2.17. The number of hydrogen-bond acceptors (Lipinski definition) is 4. The third kappa shape index (κ3) is 3.54. The minimum absolute atomic E-state index is 0.0701. The first-order valence-electron chi connectivity index (χ1n) is 6.47. The topological polar surface area (TPSA) is 67.4 Å². The van der Waals surface area contributed by atoms with Crippen LogP contribution in [-0.4, -0.2) is 31.6 Å². The van der Waals surface area contributed by atoms with E-state index in [1.165, 1.54) is 19.2 Å². The van der Waals surface area contributed by atoms with Crippen molar-refractivity contribution in [1.82, 2.24) is 10.6 Å². The summed E-state index contributed by atoms with van der Waals surface area (Å²) in [5, 5.41) is 6.00. The lowest BCUT2D eigenvalue weighted by Crippen LogP contribution is -2.35. The third-order valence-corrected chi connectivity index (χ3v) is 3.24. The smallest absolute Gasteiger partial charge is 0.340 e. The van der Waals surface area contributed by atoms with Gasteiger partial charge < -0.3 is 15.4 Å². The molecule has 6 heteroatoms. The van der Waals surface area contributed by atoms with Crippen molar-refractivity contribution in [3.8, 4) is 0 Å². The second-order valence-electron chi connectivity index (χ2n) is 4.74. The van der Waals surface area contributed by atoms with E-state index in [4.69, 9.17) is 0 Å². The van der Waals surface area contributed by atoms with Crippen LogP contribution >= 0.6 is 0 Å². The zero-order chi connectivity index (χ0) is 14.5. The molecule has 1 unspecified atom stereocenters. The maximum absolute atomic E-state index is 13.7. The largest absolute Gasteiger partial charge is 0.465 e. The molecule has 0 saturated carbocycles. The fourth-order valence-corrected chi connectivity index (χ4v) is 2.17. The second kappa shape index (κ2) is 6.47. The molecule has 2 N–H and O–H groups in total. The normalized spacial score (nSPS) is 17.9. The maximum Gasteiger partial charge on any atom is 0.340 e. The number of methoxy groups -OCH3 is 1. The molecule has 0 bridgehead atoms. The zero-order valence-corrected chi connectivity index (χ0v) is 11.2. The maximum atomic E-state index is 13.7. The van der Waals surface area contributed by atoms with E-state index in [1.54, 1.807) is 6.07 Å². The molecule has 1 aromatic rings. The lowest BCUT2D eigenvalue weighted by atomic mass is 10.1. The summed E-state index contributed by atoms with van der Waals surface area (Å²) in [6.45, 7) is 1.12. The minimum Gasteiger partial charge on any atom is -0.465 e. The number of carbonyl (C=O) groups is 2. The highest BCUT2D eigenvalue weighted by molar-refractivity contribution is 5.89. The van der Waals surface area contributed by atoms with Crippen LogP contribution in [0.4, 0.5) is 4.39 Å². The van der Waals surface area contributed by atoms with Crippen molar-refractivity contribution in [2.24, 2.45) is 0 Å². The first kappa shape index (κ1) is 14.5. The molecule has 1 fully saturated rings. The van der Waals surface area contributed by atoms with Crippen LogP contribution in [-0.2, 0) is 16.1 Å². The van der Waals surface area contributed by atoms with Gasteiger partial charge in [-0.2, -0.15) is 0 Å². The molecule has 0 aliphatic carbocycles. The summed E-state index contributed by atoms with van der Waals surface area (Å²) in [4.78, 5) is 22.3. The lowest BCUT2D eigenvalue weighted by molar-refractivity contribution is -0.119. The second-order valence-corrected chi connectivity index (χ2v) is 4.74. The lowest BCUT2D eigenvalue weighted by Gasteiger charge is -2.11. The Bertz CT molecular complexity index is 519. The van der Waals surface area contributed by atoms with Gasteiger partial charge in [-0.3, -0.25) is 4.79 Å². The van der Waals surface area contributed by atoms with Crippen LogP contribution in [0.1, 0.15) is 28.8 Å². The first-order chi connectivity index (χ1) is 9.60. The minimum atomic E-state index is -0.685. The van der Waals surface area contributed by atoms with Gasteiger partial charge in [0.1, 0.15) is 5.82 Å². The number of esters is 1. The van der Waals surface area contributed by atoms with Crippen LogP contribution in [0.25, 0.3) is 0 Å². The number of ether oxygens (including phenoxy) is 1. The van der Waals surface area contributed by atoms with E-state index in [-0.39, 0.29) is 17.5 Å². The molecule has 108 valence electrons. The molecule has 1 aliphatic heterocycles. The zero-order valence-electron chi connectivity index (χ0n) is 11.2. The molecule has 0 aromatic heterocycles. The summed E-state index contributed by atoms with van der Waals surface area (Å²) in [6, 6.07) is 4.54. The molecule has 1 saturated heterocycles. The van der Waals surface area contributed by atoms with Crippen molar-refractivity contribution >= 4 is 11.9 Å². The van der Waals surface area contributed by atoms with Gasteiger partial charge in [0.25, 0.3) is 0 Å². The van der Waals surface area contributed by atoms with E-state index in [1.807, 2.05) is 0 Å². The molecule has 0 spiro atoms. The van der Waals surface area contributed by atoms with Gasteiger partial charge in [-0.1, -0.05) is 6.07 Å². The Morgan fingerprint density at radius 3 is 2.95 bits per heavy atom. The Hall–Kier alpha value is -1.95. The Morgan fingerprint density at radius 1 is 1.55 bits per heavy atom. The summed E-state index contributed by atoms with van der Waals surface area (Å²) < 4.78 is 18.2. The average molecular weight is 280 g/mol. The monoisotopic (exact) mass is 280 g/mol. The molecule has 1 amide bonds. The van der Waals surface area contributed by atoms with E-state index < -0.39 is 11.8 Å². The molecule has 0 radical (unpaired) electrons. The summed E-state index contributed by atoms with van der Waals surface area (Å²) in [5.41, 5.74) is 0.666. The molecule has 1 heterocycles. The van der Waals surface area contributed by atoms with Crippen LogP contribution in [0.15, 0.2) is 18.2 Å². The summed E-state index contributed by atoms with van der Waals surface area (Å²) in [6.07, 6.45) is 1.39. The Labute approximate surface area is 116 Å². The highest BCUT2D eigenvalue weighted by Crippen LogP contribution is 2.12. The molecule has 20 heavy (non-hydrogen) atoms. The molecular weight excluding hydrogens is 263 g/mol. The molecular formula is C14H17FN2O3. The SMILES string of the molecule is COC(=O)c1ccc(CNCC2CCC(=O)N2)cc1F. The highest BCUT2D eigenvalue weighted by Gasteiger charge is 2.19. The van der Waals surface area contributed by atoms with Crippen LogP contribution in [0.5, 0.6) is 0 Å². The number of hydrogen-bond donors (Lipinski definition) is 2. The molecule has 1 aliphatic rings. The van der Waals surface area contributed by atoms with E-state index >= 15 is 0 Å². The van der Waals surface area contributed by atoms with Crippen molar-refractivity contribution in [2.45, 2.75) is 25.4 Å².